The highest BCUT2D eigenvalue weighted by Gasteiger charge is 2.26. The Morgan fingerprint density at radius 3 is 2.57 bits per heavy atom. The molecular formula is C21H34F3IN4O. The van der Waals surface area contributed by atoms with Gasteiger partial charge in [0.1, 0.15) is 5.75 Å². The largest absolute Gasteiger partial charge is 0.497 e. The van der Waals surface area contributed by atoms with Crippen LogP contribution in [0.2, 0.25) is 0 Å². The van der Waals surface area contributed by atoms with Crippen molar-refractivity contribution in [3.63, 3.8) is 0 Å². The summed E-state index contributed by atoms with van der Waals surface area (Å²) in [5, 5.41) is 6.34. The van der Waals surface area contributed by atoms with E-state index in [4.69, 9.17) is 9.73 Å². The molecule has 1 unspecified atom stereocenters. The van der Waals surface area contributed by atoms with Crippen molar-refractivity contribution < 1.29 is 17.9 Å². The fraction of sp³-hybridized carbons (Fsp3) is 0.667. The lowest BCUT2D eigenvalue weighted by Crippen LogP contribution is -2.39. The summed E-state index contributed by atoms with van der Waals surface area (Å²) < 4.78 is 42.2. The Hall–Kier alpha value is -1.23. The molecule has 0 bridgehead atoms. The van der Waals surface area contributed by atoms with Crippen LogP contribution < -0.4 is 15.4 Å². The minimum Gasteiger partial charge on any atom is -0.497 e. The third-order valence-electron chi connectivity index (χ3n) is 5.01. The standard InChI is InChI=1S/C21H33F3N4O.HI/c1-3-25-20(26-12-5-4-11-21(22,23)24)27-16-19(28-13-6-7-14-28)17-9-8-10-18(15-17)29-2;/h8-10,15,19H,3-7,11-14,16H2,1-2H3,(H2,25,26,27);1H. The maximum Gasteiger partial charge on any atom is 0.389 e. The van der Waals surface area contributed by atoms with E-state index in [-0.39, 0.29) is 36.4 Å². The molecule has 1 atom stereocenters. The van der Waals surface area contributed by atoms with E-state index in [2.05, 4.69) is 27.7 Å². The van der Waals surface area contributed by atoms with Crippen LogP contribution >= 0.6 is 24.0 Å². The Bertz CT molecular complexity index is 637. The number of hydrogen-bond acceptors (Lipinski definition) is 3. The molecule has 30 heavy (non-hydrogen) atoms. The average molecular weight is 542 g/mol. The zero-order valence-corrected chi connectivity index (χ0v) is 20.1. The molecule has 1 heterocycles. The molecule has 1 aromatic rings. The normalized spacial score (nSPS) is 16.1. The number of nitrogens with zero attached hydrogens (tertiary/aromatic N) is 2. The SMILES string of the molecule is CCNC(=NCC(c1cccc(OC)c1)N1CCCC1)NCCCCC(F)(F)F.I. The number of rotatable bonds is 10. The lowest BCUT2D eigenvalue weighted by molar-refractivity contribution is -0.135. The first-order valence-corrected chi connectivity index (χ1v) is 10.4. The molecular weight excluding hydrogens is 508 g/mol. The first-order chi connectivity index (χ1) is 13.9. The maximum absolute atomic E-state index is 12.3. The van der Waals surface area contributed by atoms with Gasteiger partial charge in [-0.2, -0.15) is 13.2 Å². The number of likely N-dealkylation sites (tertiary alicyclic amines) is 1. The van der Waals surface area contributed by atoms with Crippen LogP contribution in [-0.2, 0) is 0 Å². The van der Waals surface area contributed by atoms with Gasteiger partial charge in [0.05, 0.1) is 19.7 Å². The molecule has 0 amide bonds. The average Bonchev–Trinajstić information content (AvgIpc) is 3.21. The quantitative estimate of drug-likeness (QED) is 0.194. The highest BCUT2D eigenvalue weighted by Crippen LogP contribution is 2.28. The predicted octanol–water partition coefficient (Wildman–Crippen LogP) is 4.74. The van der Waals surface area contributed by atoms with Gasteiger partial charge < -0.3 is 15.4 Å². The van der Waals surface area contributed by atoms with Crippen LogP contribution in [0.1, 0.15) is 50.6 Å². The minimum absolute atomic E-state index is 0. The summed E-state index contributed by atoms with van der Waals surface area (Å²) in [5.41, 5.74) is 1.16. The Morgan fingerprint density at radius 1 is 1.20 bits per heavy atom. The lowest BCUT2D eigenvalue weighted by atomic mass is 10.1. The number of methoxy groups -OCH3 is 1. The van der Waals surface area contributed by atoms with Gasteiger partial charge in [0.2, 0.25) is 0 Å². The van der Waals surface area contributed by atoms with Crippen molar-refractivity contribution >= 4 is 29.9 Å². The summed E-state index contributed by atoms with van der Waals surface area (Å²) in [4.78, 5) is 7.16. The third-order valence-corrected chi connectivity index (χ3v) is 5.01. The maximum atomic E-state index is 12.3. The van der Waals surface area contributed by atoms with E-state index in [1.807, 2.05) is 19.1 Å². The van der Waals surface area contributed by atoms with E-state index in [1.165, 1.54) is 12.8 Å². The van der Waals surface area contributed by atoms with Crippen LogP contribution in [-0.4, -0.2) is 56.9 Å². The van der Waals surface area contributed by atoms with E-state index in [1.54, 1.807) is 7.11 Å². The summed E-state index contributed by atoms with van der Waals surface area (Å²) in [6, 6.07) is 8.22. The molecule has 1 saturated heterocycles. The number of guanidine groups is 1. The molecule has 1 aliphatic heterocycles. The molecule has 1 aromatic carbocycles. The van der Waals surface area contributed by atoms with Gasteiger partial charge in [0, 0.05) is 19.5 Å². The monoisotopic (exact) mass is 542 g/mol. The van der Waals surface area contributed by atoms with Crippen LogP contribution in [0.25, 0.3) is 0 Å². The molecule has 2 rings (SSSR count). The summed E-state index contributed by atoms with van der Waals surface area (Å²) in [6.07, 6.45) is -1.89. The molecule has 0 saturated carbocycles. The number of unbranched alkanes of at least 4 members (excludes halogenated alkanes) is 1. The minimum atomic E-state index is -4.09. The van der Waals surface area contributed by atoms with Crippen molar-refractivity contribution in [1.82, 2.24) is 15.5 Å². The van der Waals surface area contributed by atoms with Gasteiger partial charge in [0.25, 0.3) is 0 Å². The highest BCUT2D eigenvalue weighted by molar-refractivity contribution is 14.0. The fourth-order valence-electron chi connectivity index (χ4n) is 3.51. The lowest BCUT2D eigenvalue weighted by Gasteiger charge is -2.27. The molecule has 0 aromatic heterocycles. The number of hydrogen-bond donors (Lipinski definition) is 2. The van der Waals surface area contributed by atoms with E-state index >= 15 is 0 Å². The van der Waals surface area contributed by atoms with Crippen molar-refractivity contribution in [3.05, 3.63) is 29.8 Å². The number of ether oxygens (including phenoxy) is 1. The van der Waals surface area contributed by atoms with Gasteiger partial charge in [-0.1, -0.05) is 12.1 Å². The second-order valence-corrected chi connectivity index (χ2v) is 7.25. The van der Waals surface area contributed by atoms with Crippen molar-refractivity contribution in [2.75, 3.05) is 39.8 Å². The van der Waals surface area contributed by atoms with E-state index in [0.717, 1.165) is 24.4 Å². The molecule has 9 heteroatoms. The Labute approximate surface area is 194 Å². The highest BCUT2D eigenvalue weighted by atomic mass is 127. The Balaban J connectivity index is 0.00000450. The third kappa shape index (κ3) is 9.72. The summed E-state index contributed by atoms with van der Waals surface area (Å²) in [5.74, 6) is 1.47. The van der Waals surface area contributed by atoms with Crippen molar-refractivity contribution in [2.24, 2.45) is 4.99 Å². The van der Waals surface area contributed by atoms with Gasteiger partial charge in [-0.05, 0) is 63.4 Å². The second kappa shape index (κ2) is 14.0. The van der Waals surface area contributed by atoms with Crippen molar-refractivity contribution in [1.29, 1.82) is 0 Å². The molecule has 1 fully saturated rings. The number of aliphatic imine (C=N–C) groups is 1. The zero-order chi connectivity index (χ0) is 21.1. The first-order valence-electron chi connectivity index (χ1n) is 10.4. The molecule has 2 N–H and O–H groups in total. The van der Waals surface area contributed by atoms with Crippen molar-refractivity contribution in [2.45, 2.75) is 51.2 Å². The van der Waals surface area contributed by atoms with E-state index < -0.39 is 12.6 Å². The van der Waals surface area contributed by atoms with Gasteiger partial charge in [-0.25, -0.2) is 0 Å². The Morgan fingerprint density at radius 2 is 1.93 bits per heavy atom. The van der Waals surface area contributed by atoms with E-state index in [9.17, 15) is 13.2 Å². The Kier molecular flexibility index (Phi) is 12.5. The summed E-state index contributed by atoms with van der Waals surface area (Å²) in [7, 11) is 1.66. The van der Waals surface area contributed by atoms with Gasteiger partial charge >= 0.3 is 6.18 Å². The number of halogens is 4. The van der Waals surface area contributed by atoms with Gasteiger partial charge in [0.15, 0.2) is 5.96 Å². The zero-order valence-electron chi connectivity index (χ0n) is 17.8. The first kappa shape index (κ1) is 26.8. The molecule has 5 nitrogen and oxygen atoms in total. The van der Waals surface area contributed by atoms with E-state index in [0.29, 0.717) is 32.0 Å². The summed E-state index contributed by atoms with van der Waals surface area (Å²) in [6.45, 7) is 5.79. The number of benzene rings is 1. The molecule has 172 valence electrons. The van der Waals surface area contributed by atoms with Crippen LogP contribution in [0.15, 0.2) is 29.3 Å². The second-order valence-electron chi connectivity index (χ2n) is 7.25. The predicted molar refractivity (Wildman–Crippen MR) is 126 cm³/mol. The van der Waals surface area contributed by atoms with Crippen LogP contribution in [0, 0.1) is 0 Å². The van der Waals surface area contributed by atoms with Gasteiger partial charge in [-0.15, -0.1) is 24.0 Å². The molecule has 0 spiro atoms. The summed E-state index contributed by atoms with van der Waals surface area (Å²) >= 11 is 0. The number of nitrogens with one attached hydrogen (secondary N) is 2. The van der Waals surface area contributed by atoms with Crippen LogP contribution in [0.3, 0.4) is 0 Å². The molecule has 0 radical (unpaired) electrons. The van der Waals surface area contributed by atoms with Gasteiger partial charge in [-0.3, -0.25) is 9.89 Å². The fourth-order valence-corrected chi connectivity index (χ4v) is 3.51. The molecule has 0 aliphatic carbocycles. The topological polar surface area (TPSA) is 48.9 Å². The van der Waals surface area contributed by atoms with Crippen molar-refractivity contribution in [3.8, 4) is 5.75 Å². The molecule has 1 aliphatic rings. The van der Waals surface area contributed by atoms with Crippen LogP contribution in [0.4, 0.5) is 13.2 Å². The number of alkyl halides is 3. The smallest absolute Gasteiger partial charge is 0.389 e. The van der Waals surface area contributed by atoms with Crippen LogP contribution in [0.5, 0.6) is 5.75 Å².